The summed E-state index contributed by atoms with van der Waals surface area (Å²) in [5, 5.41) is 6.47. The van der Waals surface area contributed by atoms with Gasteiger partial charge in [0.25, 0.3) is 11.5 Å². The zero-order valence-corrected chi connectivity index (χ0v) is 13.9. The number of carbonyl (C=O) groups excluding carboxylic acids is 1. The second-order valence-corrected chi connectivity index (χ2v) is 6.48. The maximum absolute atomic E-state index is 12.4. The van der Waals surface area contributed by atoms with E-state index in [1.165, 1.54) is 6.20 Å². The minimum absolute atomic E-state index is 0.187. The van der Waals surface area contributed by atoms with Gasteiger partial charge in [-0.2, -0.15) is 0 Å². The molecule has 0 aromatic carbocycles. The normalized spacial score (nSPS) is 15.6. The fourth-order valence-corrected chi connectivity index (χ4v) is 3.57. The van der Waals surface area contributed by atoms with Crippen molar-refractivity contribution >= 4 is 22.4 Å². The van der Waals surface area contributed by atoms with Crippen LogP contribution in [0.3, 0.4) is 0 Å². The number of nitrogens with zero attached hydrogens (tertiary/aromatic N) is 2. The molecule has 0 aliphatic carbocycles. The van der Waals surface area contributed by atoms with Gasteiger partial charge in [0.15, 0.2) is 5.13 Å². The van der Waals surface area contributed by atoms with Gasteiger partial charge >= 0.3 is 0 Å². The first kappa shape index (κ1) is 15.7. The predicted molar refractivity (Wildman–Crippen MR) is 91.1 cm³/mol. The van der Waals surface area contributed by atoms with Crippen molar-refractivity contribution in [2.24, 2.45) is 0 Å². The van der Waals surface area contributed by atoms with Gasteiger partial charge in [-0.1, -0.05) is 6.92 Å². The van der Waals surface area contributed by atoms with Crippen LogP contribution >= 0.6 is 11.3 Å². The van der Waals surface area contributed by atoms with Crippen molar-refractivity contribution in [3.8, 4) is 0 Å². The molecule has 0 bridgehead atoms. The number of nitrogens with one attached hydrogen (secondary N) is 2. The van der Waals surface area contributed by atoms with Crippen LogP contribution in [-0.2, 0) is 6.42 Å². The number of likely N-dealkylation sites (tertiary alicyclic amines) is 1. The summed E-state index contributed by atoms with van der Waals surface area (Å²) in [6, 6.07) is 3.58. The number of H-pyrrole nitrogens is 1. The number of pyridine rings is 1. The van der Waals surface area contributed by atoms with Crippen molar-refractivity contribution in [2.45, 2.75) is 32.2 Å². The average Bonchev–Trinajstić information content (AvgIpc) is 3.03. The smallest absolute Gasteiger partial charge is 0.260 e. The van der Waals surface area contributed by atoms with Crippen molar-refractivity contribution < 1.29 is 4.79 Å². The molecule has 7 heteroatoms. The van der Waals surface area contributed by atoms with Crippen molar-refractivity contribution in [1.29, 1.82) is 0 Å². The molecule has 2 N–H and O–H groups in total. The van der Waals surface area contributed by atoms with E-state index in [1.54, 1.807) is 28.4 Å². The van der Waals surface area contributed by atoms with E-state index in [4.69, 9.17) is 0 Å². The standard InChI is InChI=1S/C16H20N4O2S/c1-2-11-10-23-16(18-11)19-12-5-8-20(9-6-12)15(22)13-4-3-7-17-14(13)21/h3-4,7,10,12H,2,5-6,8-9H2,1H3,(H,17,21)(H,18,19). The Morgan fingerprint density at radius 1 is 1.48 bits per heavy atom. The highest BCUT2D eigenvalue weighted by atomic mass is 32.1. The fourth-order valence-electron chi connectivity index (χ4n) is 2.70. The molecule has 0 atom stereocenters. The highest BCUT2D eigenvalue weighted by Crippen LogP contribution is 2.21. The lowest BCUT2D eigenvalue weighted by atomic mass is 10.0. The van der Waals surface area contributed by atoms with E-state index in [0.29, 0.717) is 19.1 Å². The Balaban J connectivity index is 1.57. The monoisotopic (exact) mass is 332 g/mol. The van der Waals surface area contributed by atoms with E-state index < -0.39 is 0 Å². The number of piperidine rings is 1. The molecule has 2 aromatic rings. The van der Waals surface area contributed by atoms with Gasteiger partial charge in [0.05, 0.1) is 5.69 Å². The lowest BCUT2D eigenvalue weighted by Crippen LogP contribution is -2.43. The summed E-state index contributed by atoms with van der Waals surface area (Å²) in [6.07, 6.45) is 4.19. The van der Waals surface area contributed by atoms with E-state index in [2.05, 4.69) is 27.6 Å². The predicted octanol–water partition coefficient (Wildman–Crippen LogP) is 2.11. The third-order valence-electron chi connectivity index (χ3n) is 4.07. The molecule has 0 spiro atoms. The van der Waals surface area contributed by atoms with Gasteiger partial charge in [0.1, 0.15) is 5.56 Å². The molecular formula is C16H20N4O2S. The number of amides is 1. The molecule has 1 fully saturated rings. The number of hydrogen-bond acceptors (Lipinski definition) is 5. The van der Waals surface area contributed by atoms with Crippen molar-refractivity contribution in [2.75, 3.05) is 18.4 Å². The highest BCUT2D eigenvalue weighted by molar-refractivity contribution is 7.13. The first-order chi connectivity index (χ1) is 11.2. The molecule has 6 nitrogen and oxygen atoms in total. The maximum atomic E-state index is 12.4. The van der Waals surface area contributed by atoms with Crippen LogP contribution in [0.4, 0.5) is 5.13 Å². The number of rotatable bonds is 4. The van der Waals surface area contributed by atoms with E-state index in [9.17, 15) is 9.59 Å². The maximum Gasteiger partial charge on any atom is 0.260 e. The Hall–Kier alpha value is -2.15. The average molecular weight is 332 g/mol. The molecule has 1 amide bonds. The van der Waals surface area contributed by atoms with Crippen LogP contribution in [0.5, 0.6) is 0 Å². The van der Waals surface area contributed by atoms with Crippen LogP contribution in [0, 0.1) is 0 Å². The van der Waals surface area contributed by atoms with Crippen LogP contribution in [0.15, 0.2) is 28.5 Å². The van der Waals surface area contributed by atoms with Crippen molar-refractivity contribution in [3.63, 3.8) is 0 Å². The number of carbonyl (C=O) groups is 1. The van der Waals surface area contributed by atoms with Crippen molar-refractivity contribution in [1.82, 2.24) is 14.9 Å². The van der Waals surface area contributed by atoms with Gasteiger partial charge in [-0.3, -0.25) is 9.59 Å². The van der Waals surface area contributed by atoms with Gasteiger partial charge in [0.2, 0.25) is 0 Å². The molecular weight excluding hydrogens is 312 g/mol. The summed E-state index contributed by atoms with van der Waals surface area (Å²) in [4.78, 5) is 32.9. The lowest BCUT2D eigenvalue weighted by molar-refractivity contribution is 0.0716. The summed E-state index contributed by atoms with van der Waals surface area (Å²) in [7, 11) is 0. The summed E-state index contributed by atoms with van der Waals surface area (Å²) in [5.74, 6) is -0.187. The second-order valence-electron chi connectivity index (χ2n) is 5.62. The summed E-state index contributed by atoms with van der Waals surface area (Å²) in [5.41, 5.74) is 0.993. The quantitative estimate of drug-likeness (QED) is 0.899. The lowest BCUT2D eigenvalue weighted by Gasteiger charge is -2.32. The Morgan fingerprint density at radius 2 is 2.26 bits per heavy atom. The third kappa shape index (κ3) is 3.61. The van der Waals surface area contributed by atoms with E-state index in [0.717, 1.165) is 30.1 Å². The fraction of sp³-hybridized carbons (Fsp3) is 0.438. The number of aryl methyl sites for hydroxylation is 1. The molecule has 1 aliphatic heterocycles. The van der Waals surface area contributed by atoms with Crippen molar-refractivity contribution in [3.05, 3.63) is 45.3 Å². The molecule has 0 unspecified atom stereocenters. The Kier molecular flexibility index (Phi) is 4.76. The number of aromatic amines is 1. The Morgan fingerprint density at radius 3 is 2.91 bits per heavy atom. The van der Waals surface area contributed by atoms with E-state index >= 15 is 0 Å². The van der Waals surface area contributed by atoms with E-state index in [1.807, 2.05) is 0 Å². The summed E-state index contributed by atoms with van der Waals surface area (Å²) >= 11 is 1.63. The Bertz CT molecular complexity index is 731. The molecule has 0 radical (unpaired) electrons. The molecule has 23 heavy (non-hydrogen) atoms. The zero-order valence-electron chi connectivity index (χ0n) is 13.0. The van der Waals surface area contributed by atoms with Gasteiger partial charge in [-0.15, -0.1) is 11.3 Å². The van der Waals surface area contributed by atoms with Gasteiger partial charge in [-0.05, 0) is 31.4 Å². The summed E-state index contributed by atoms with van der Waals surface area (Å²) in [6.45, 7) is 3.39. The van der Waals surface area contributed by atoms with Crippen LogP contribution < -0.4 is 10.9 Å². The third-order valence-corrected chi connectivity index (χ3v) is 4.89. The van der Waals surface area contributed by atoms with Gasteiger partial charge in [0, 0.05) is 30.7 Å². The first-order valence-corrected chi connectivity index (χ1v) is 8.73. The largest absolute Gasteiger partial charge is 0.359 e. The molecule has 3 heterocycles. The molecule has 3 rings (SSSR count). The zero-order chi connectivity index (χ0) is 16.2. The minimum Gasteiger partial charge on any atom is -0.359 e. The van der Waals surface area contributed by atoms with E-state index in [-0.39, 0.29) is 17.0 Å². The number of aromatic nitrogens is 2. The molecule has 0 saturated carbocycles. The Labute approximate surface area is 138 Å². The van der Waals surface area contributed by atoms with Crippen LogP contribution in [0.25, 0.3) is 0 Å². The van der Waals surface area contributed by atoms with Gasteiger partial charge < -0.3 is 15.2 Å². The molecule has 1 aliphatic rings. The van der Waals surface area contributed by atoms with Crippen LogP contribution in [0.2, 0.25) is 0 Å². The van der Waals surface area contributed by atoms with Crippen LogP contribution in [-0.4, -0.2) is 39.9 Å². The van der Waals surface area contributed by atoms with Crippen LogP contribution in [0.1, 0.15) is 35.8 Å². The minimum atomic E-state index is -0.326. The first-order valence-electron chi connectivity index (χ1n) is 7.85. The number of hydrogen-bond donors (Lipinski definition) is 2. The molecule has 122 valence electrons. The van der Waals surface area contributed by atoms with Gasteiger partial charge in [-0.25, -0.2) is 4.98 Å². The SMILES string of the molecule is CCc1csc(NC2CCN(C(=O)c3ccc[nH]c3=O)CC2)n1. The molecule has 1 saturated heterocycles. The highest BCUT2D eigenvalue weighted by Gasteiger charge is 2.25. The number of thiazole rings is 1. The number of anilines is 1. The topological polar surface area (TPSA) is 78.1 Å². The molecule has 2 aromatic heterocycles. The summed E-state index contributed by atoms with van der Waals surface area (Å²) < 4.78 is 0. The second kappa shape index (κ2) is 6.95.